The summed E-state index contributed by atoms with van der Waals surface area (Å²) in [7, 11) is 0. The minimum absolute atomic E-state index is 0.123. The number of nitriles is 1. The van der Waals surface area contributed by atoms with Gasteiger partial charge in [-0.2, -0.15) is 5.26 Å². The Morgan fingerprint density at radius 2 is 0.807 bits per heavy atom. The number of imidazole rings is 4. The van der Waals surface area contributed by atoms with Crippen LogP contribution in [0.4, 0.5) is 11.6 Å². The Morgan fingerprint density at radius 3 is 1.33 bits per heavy atom. The number of carbonyl (C=O) groups excluding carboxylic acids is 1. The SMILES string of the molecule is Clc1c(-c2ccccc2)ccc2cncn12.N#Cc1ccc(CC(=O)Cc2c(-c3ccccc3)ccc3cncn23)cc1.Nc1c(-c2ccccc2)ccc2cncn12.c1ccc(C(=Nc2c(-c3ccccc3)ccc3cncn23)c2ccccc2)cc1. The maximum Gasteiger partial charge on any atom is 0.146 e. The van der Waals surface area contributed by atoms with Crippen molar-refractivity contribution in [1.82, 2.24) is 37.5 Å². The van der Waals surface area contributed by atoms with Crippen LogP contribution in [0.3, 0.4) is 0 Å². The highest BCUT2D eigenvalue weighted by atomic mass is 35.5. The Labute approximate surface area is 513 Å². The fourth-order valence-corrected chi connectivity index (χ4v) is 10.8. The van der Waals surface area contributed by atoms with Crippen LogP contribution in [-0.4, -0.2) is 49.0 Å². The second-order valence-electron chi connectivity index (χ2n) is 20.5. The molecule has 0 saturated heterocycles. The van der Waals surface area contributed by atoms with Gasteiger partial charge < -0.3 is 10.1 Å². The van der Waals surface area contributed by atoms with Gasteiger partial charge in [-0.15, -0.1) is 0 Å². The number of nitrogen functional groups attached to an aromatic ring is 1. The predicted molar refractivity (Wildman–Crippen MR) is 354 cm³/mol. The van der Waals surface area contributed by atoms with E-state index in [9.17, 15) is 4.79 Å². The number of aromatic nitrogens is 8. The number of ketones is 1. The molecule has 15 aromatic rings. The second kappa shape index (κ2) is 26.9. The van der Waals surface area contributed by atoms with Gasteiger partial charge in [0.15, 0.2) is 0 Å². The number of rotatable bonds is 11. The van der Waals surface area contributed by atoms with E-state index in [0.29, 0.717) is 23.6 Å². The molecule has 0 spiro atoms. The van der Waals surface area contributed by atoms with Gasteiger partial charge in [-0.3, -0.25) is 18.0 Å². The van der Waals surface area contributed by atoms with Crippen LogP contribution in [0, 0.1) is 11.3 Å². The third-order valence-corrected chi connectivity index (χ3v) is 15.3. The number of anilines is 1. The first-order valence-corrected chi connectivity index (χ1v) is 28.9. The van der Waals surface area contributed by atoms with Gasteiger partial charge in [0.1, 0.15) is 41.6 Å². The molecule has 12 nitrogen and oxygen atoms in total. The summed E-state index contributed by atoms with van der Waals surface area (Å²) in [5.41, 5.74) is 24.3. The number of pyridine rings is 4. The van der Waals surface area contributed by atoms with Crippen LogP contribution in [0.5, 0.6) is 0 Å². The molecular weight excluding hydrogens is 1110 g/mol. The molecule has 8 heterocycles. The zero-order chi connectivity index (χ0) is 60.0. The molecule has 0 aliphatic heterocycles. The van der Waals surface area contributed by atoms with Crippen LogP contribution in [0.15, 0.2) is 310 Å². The molecule has 0 atom stereocenters. The molecule has 0 aliphatic carbocycles. The van der Waals surface area contributed by atoms with Crippen LogP contribution >= 0.6 is 11.6 Å². The van der Waals surface area contributed by atoms with E-state index in [1.807, 2.05) is 194 Å². The molecule has 88 heavy (non-hydrogen) atoms. The summed E-state index contributed by atoms with van der Waals surface area (Å²) >= 11 is 6.34. The van der Waals surface area contributed by atoms with Gasteiger partial charge in [0.2, 0.25) is 0 Å². The molecule has 0 bridgehead atoms. The second-order valence-corrected chi connectivity index (χ2v) is 20.9. The highest BCUT2D eigenvalue weighted by Crippen LogP contribution is 2.34. The first kappa shape index (κ1) is 56.7. The maximum atomic E-state index is 12.8. The van der Waals surface area contributed by atoms with Crippen molar-refractivity contribution < 1.29 is 4.79 Å². The number of aliphatic imine (C=N–C) groups is 1. The summed E-state index contributed by atoms with van der Waals surface area (Å²) in [6.07, 6.45) is 14.9. The molecule has 8 aromatic heterocycles. The Kier molecular flexibility index (Phi) is 17.3. The topological polar surface area (TPSA) is 148 Å². The van der Waals surface area contributed by atoms with Gasteiger partial charge >= 0.3 is 0 Å². The molecule has 0 aliphatic rings. The lowest BCUT2D eigenvalue weighted by Gasteiger charge is -2.13. The van der Waals surface area contributed by atoms with Gasteiger partial charge in [-0.25, -0.2) is 24.9 Å². The molecule has 0 saturated carbocycles. The van der Waals surface area contributed by atoms with E-state index in [-0.39, 0.29) is 5.78 Å². The first-order chi connectivity index (χ1) is 43.4. The van der Waals surface area contributed by atoms with Crippen molar-refractivity contribution in [1.29, 1.82) is 5.26 Å². The van der Waals surface area contributed by atoms with Crippen molar-refractivity contribution >= 4 is 56.8 Å². The van der Waals surface area contributed by atoms with Crippen LogP contribution in [0.2, 0.25) is 5.15 Å². The number of nitrogens with zero attached hydrogens (tertiary/aromatic N) is 10. The Morgan fingerprint density at radius 1 is 0.420 bits per heavy atom. The van der Waals surface area contributed by atoms with Gasteiger partial charge in [0.05, 0.1) is 70.5 Å². The van der Waals surface area contributed by atoms with Crippen LogP contribution in [0.25, 0.3) is 66.6 Å². The Balaban J connectivity index is 0.000000118. The number of fused-ring (bicyclic) bond motifs is 4. The summed E-state index contributed by atoms with van der Waals surface area (Å²) < 4.78 is 7.81. The van der Waals surface area contributed by atoms with Crippen molar-refractivity contribution in [2.75, 3.05) is 5.73 Å². The summed E-state index contributed by atoms with van der Waals surface area (Å²) in [6.45, 7) is 0. The van der Waals surface area contributed by atoms with Crippen molar-refractivity contribution in [2.45, 2.75) is 12.8 Å². The number of nitrogens with two attached hydrogens (primary N) is 1. The molecule has 0 fully saturated rings. The van der Waals surface area contributed by atoms with E-state index in [1.54, 1.807) is 49.7 Å². The summed E-state index contributed by atoms with van der Waals surface area (Å²) in [6, 6.07) is 86.9. The largest absolute Gasteiger partial charge is 0.384 e. The molecule has 0 radical (unpaired) electrons. The first-order valence-electron chi connectivity index (χ1n) is 28.5. The van der Waals surface area contributed by atoms with E-state index < -0.39 is 0 Å². The number of hydrogen-bond acceptors (Lipinski definition) is 8. The standard InChI is InChI=1S/C26H19N3.C23H17N3O.C13H9ClN2.C13H11N3/c1-4-10-20(11-5-1)24-17-16-23-18-27-19-29(23)26(24)28-25(21-12-6-2-7-13-21)22-14-8-3-9-15-22;24-14-18-8-6-17(7-9-18)12-21(27)13-23-22(19-4-2-1-3-5-19)11-10-20-15-25-16-26(20)23;2*14-13-12(10-4-2-1-3-5-10)7-6-11-8-15-9-16(11)13/h1-19H;1-11,15-16H,12-13H2;1-9H;1-9H,14H2. The monoisotopic (exact) mass is 1160 g/mol. The van der Waals surface area contributed by atoms with Gasteiger partial charge in [-0.05, 0) is 82.4 Å². The number of carbonyl (C=O) groups is 1. The van der Waals surface area contributed by atoms with Gasteiger partial charge in [0.25, 0.3) is 0 Å². The molecule has 7 aromatic carbocycles. The fourth-order valence-electron chi connectivity index (χ4n) is 10.5. The minimum atomic E-state index is 0.123. The maximum absolute atomic E-state index is 12.8. The zero-order valence-electron chi connectivity index (χ0n) is 47.6. The van der Waals surface area contributed by atoms with Crippen LogP contribution in [-0.2, 0) is 17.6 Å². The highest BCUT2D eigenvalue weighted by molar-refractivity contribution is 6.32. The number of halogens is 1. The van der Waals surface area contributed by atoms with Crippen LogP contribution < -0.4 is 5.73 Å². The van der Waals surface area contributed by atoms with E-state index in [2.05, 4.69) is 105 Å². The molecule has 2 N–H and O–H groups in total. The Hall–Kier alpha value is -11.8. The van der Waals surface area contributed by atoms with Gasteiger partial charge in [-0.1, -0.05) is 212 Å². The number of Topliss-reactive ketones (excluding diaryl/α,β-unsaturated/α-hetero) is 1. The lowest BCUT2D eigenvalue weighted by Crippen LogP contribution is -2.11. The molecule has 0 unspecified atom stereocenters. The highest BCUT2D eigenvalue weighted by Gasteiger charge is 2.17. The summed E-state index contributed by atoms with van der Waals surface area (Å²) in [4.78, 5) is 34.7. The van der Waals surface area contributed by atoms with Crippen molar-refractivity contribution in [3.05, 3.63) is 338 Å². The quantitative estimate of drug-likeness (QED) is 0.100. The number of hydrogen-bond donors (Lipinski definition) is 1. The van der Waals surface area contributed by atoms with Crippen molar-refractivity contribution in [3.8, 4) is 50.6 Å². The van der Waals surface area contributed by atoms with E-state index in [1.165, 1.54) is 0 Å². The smallest absolute Gasteiger partial charge is 0.146 e. The molecule has 13 heteroatoms. The molecule has 15 rings (SSSR count). The normalized spacial score (nSPS) is 10.7. The molecule has 424 valence electrons. The van der Waals surface area contributed by atoms with Crippen molar-refractivity contribution in [3.63, 3.8) is 0 Å². The minimum Gasteiger partial charge on any atom is -0.384 e. The Bertz CT molecular complexity index is 4730. The molecule has 0 amide bonds. The zero-order valence-corrected chi connectivity index (χ0v) is 48.4. The number of benzene rings is 7. The van der Waals surface area contributed by atoms with E-state index in [0.717, 1.165) is 106 Å². The third-order valence-electron chi connectivity index (χ3n) is 14.9. The molecular formula is C75H56ClN11O. The predicted octanol–water partition coefficient (Wildman–Crippen LogP) is 16.6. The van der Waals surface area contributed by atoms with Crippen LogP contribution in [0.1, 0.15) is 27.9 Å². The van der Waals surface area contributed by atoms with E-state index in [4.69, 9.17) is 27.6 Å². The fraction of sp³-hybridized carbons (Fsp3) is 0.0267. The van der Waals surface area contributed by atoms with Crippen molar-refractivity contribution in [2.24, 2.45) is 4.99 Å². The van der Waals surface area contributed by atoms with E-state index >= 15 is 0 Å². The van der Waals surface area contributed by atoms with Gasteiger partial charge in [0, 0.05) is 51.9 Å². The third kappa shape index (κ3) is 12.8. The average Bonchev–Trinajstić information content (AvgIpc) is 2.60. The summed E-state index contributed by atoms with van der Waals surface area (Å²) in [5, 5.41) is 9.59. The lowest BCUT2D eigenvalue weighted by atomic mass is 9.98. The lowest BCUT2D eigenvalue weighted by molar-refractivity contribution is -0.117. The average molecular weight is 1160 g/mol. The summed E-state index contributed by atoms with van der Waals surface area (Å²) in [5.74, 6) is 1.72.